The Morgan fingerprint density at radius 1 is 1.38 bits per heavy atom. The molecule has 1 aromatic rings. The Balaban J connectivity index is 2.26. The lowest BCUT2D eigenvalue weighted by Crippen LogP contribution is -2.51. The van der Waals surface area contributed by atoms with E-state index in [1.54, 1.807) is 25.1 Å². The maximum Gasteiger partial charge on any atom is 0.338 e. The Morgan fingerprint density at radius 2 is 2.12 bits per heavy atom. The first kappa shape index (κ1) is 18.6. The second kappa shape index (κ2) is 8.39. The maximum atomic E-state index is 12.3. The molecule has 0 saturated carbocycles. The second-order valence-electron chi connectivity index (χ2n) is 5.04. The lowest BCUT2D eigenvalue weighted by Gasteiger charge is -2.28. The molecule has 1 atom stereocenters. The van der Waals surface area contributed by atoms with Crippen molar-refractivity contribution in [1.82, 2.24) is 10.6 Å². The predicted octanol–water partition coefficient (Wildman–Crippen LogP) is 3.39. The fourth-order valence-electron chi connectivity index (χ4n) is 2.32. The Bertz CT molecular complexity index is 678. The van der Waals surface area contributed by atoms with Crippen LogP contribution in [0.15, 0.2) is 33.9 Å². The van der Waals surface area contributed by atoms with Gasteiger partial charge >= 0.3 is 12.0 Å². The number of rotatable bonds is 6. The number of ether oxygens (including phenoxy) is 2. The van der Waals surface area contributed by atoms with Gasteiger partial charge in [-0.1, -0.05) is 18.5 Å². The van der Waals surface area contributed by atoms with Crippen molar-refractivity contribution in [3.63, 3.8) is 0 Å². The number of urea groups is 1. The summed E-state index contributed by atoms with van der Waals surface area (Å²) in [5.74, 6) is 0.0848. The van der Waals surface area contributed by atoms with E-state index in [-0.39, 0.29) is 19.2 Å². The van der Waals surface area contributed by atoms with Crippen LogP contribution in [0.5, 0.6) is 5.75 Å². The van der Waals surface area contributed by atoms with Crippen LogP contribution >= 0.6 is 27.5 Å². The minimum atomic E-state index is -0.467. The molecule has 2 rings (SSSR count). The molecule has 1 aromatic carbocycles. The number of nitrogens with one attached hydrogen (secondary N) is 2. The fourth-order valence-corrected chi connectivity index (χ4v) is 3.11. The van der Waals surface area contributed by atoms with Crippen molar-refractivity contribution in [2.45, 2.75) is 26.3 Å². The number of esters is 1. The molecule has 130 valence electrons. The normalized spacial score (nSPS) is 17.2. The zero-order valence-electron chi connectivity index (χ0n) is 13.3. The first-order valence-electron chi connectivity index (χ1n) is 7.51. The van der Waals surface area contributed by atoms with Gasteiger partial charge < -0.3 is 20.1 Å². The number of amides is 2. The average molecular weight is 418 g/mol. The summed E-state index contributed by atoms with van der Waals surface area (Å²) in [6.07, 6.45) is 0.565. The van der Waals surface area contributed by atoms with Gasteiger partial charge in [-0.3, -0.25) is 0 Å². The largest absolute Gasteiger partial charge is 0.486 e. The highest BCUT2D eigenvalue weighted by Gasteiger charge is 2.31. The number of carbonyl (C=O) groups excluding carboxylic acids is 2. The Kier molecular flexibility index (Phi) is 6.51. The number of halogens is 2. The van der Waals surface area contributed by atoms with E-state index >= 15 is 0 Å². The van der Waals surface area contributed by atoms with E-state index in [0.717, 1.165) is 0 Å². The van der Waals surface area contributed by atoms with Crippen molar-refractivity contribution < 1.29 is 19.1 Å². The van der Waals surface area contributed by atoms with Crippen LogP contribution in [0.2, 0.25) is 5.02 Å². The van der Waals surface area contributed by atoms with Gasteiger partial charge in [-0.15, -0.1) is 0 Å². The lowest BCUT2D eigenvalue weighted by atomic mass is 10.0. The molecule has 0 radical (unpaired) electrons. The number of benzene rings is 1. The molecule has 1 heterocycles. The molecule has 0 fully saturated rings. The molecule has 2 N–H and O–H groups in total. The summed E-state index contributed by atoms with van der Waals surface area (Å²) in [7, 11) is 0. The van der Waals surface area contributed by atoms with Gasteiger partial charge in [0.2, 0.25) is 0 Å². The van der Waals surface area contributed by atoms with Gasteiger partial charge in [0.05, 0.1) is 28.4 Å². The third-order valence-electron chi connectivity index (χ3n) is 3.41. The lowest BCUT2D eigenvalue weighted by molar-refractivity contribution is -0.139. The molecule has 8 heteroatoms. The molecule has 0 bridgehead atoms. The maximum absolute atomic E-state index is 12.3. The summed E-state index contributed by atoms with van der Waals surface area (Å²) in [4.78, 5) is 24.1. The van der Waals surface area contributed by atoms with Crippen LogP contribution in [0.25, 0.3) is 0 Å². The highest BCUT2D eigenvalue weighted by molar-refractivity contribution is 9.10. The van der Waals surface area contributed by atoms with Gasteiger partial charge in [0.15, 0.2) is 0 Å². The molecule has 0 aliphatic carbocycles. The van der Waals surface area contributed by atoms with Gasteiger partial charge in [-0.05, 0) is 47.5 Å². The molecule has 1 aliphatic rings. The van der Waals surface area contributed by atoms with Gasteiger partial charge in [-0.2, -0.15) is 0 Å². The van der Waals surface area contributed by atoms with Crippen molar-refractivity contribution in [1.29, 1.82) is 0 Å². The molecule has 1 aliphatic heterocycles. The summed E-state index contributed by atoms with van der Waals surface area (Å²) in [6.45, 7) is 3.89. The molecule has 6 nitrogen and oxygen atoms in total. The van der Waals surface area contributed by atoms with E-state index < -0.39 is 12.0 Å². The summed E-state index contributed by atoms with van der Waals surface area (Å²) < 4.78 is 11.5. The molecule has 2 amide bonds. The third-order valence-corrected chi connectivity index (χ3v) is 4.27. The van der Waals surface area contributed by atoms with Crippen LogP contribution in [0.3, 0.4) is 0 Å². The topological polar surface area (TPSA) is 76.7 Å². The molecule has 0 aromatic heterocycles. The van der Waals surface area contributed by atoms with E-state index in [4.69, 9.17) is 21.1 Å². The zero-order valence-corrected chi connectivity index (χ0v) is 15.7. The van der Waals surface area contributed by atoms with Gasteiger partial charge in [0.1, 0.15) is 12.4 Å². The van der Waals surface area contributed by atoms with Crippen LogP contribution in [-0.2, 0) is 9.53 Å². The monoisotopic (exact) mass is 416 g/mol. The Morgan fingerprint density at radius 3 is 2.75 bits per heavy atom. The van der Waals surface area contributed by atoms with Crippen molar-refractivity contribution in [2.24, 2.45) is 0 Å². The molecule has 0 unspecified atom stereocenters. The van der Waals surface area contributed by atoms with Crippen molar-refractivity contribution in [2.75, 3.05) is 13.2 Å². The SMILES string of the molecule is CCOC(=O)C1=C(COc2ccc(Cl)cc2Br)NC(=O)N[C@@H]1CC. The quantitative estimate of drug-likeness (QED) is 0.696. The second-order valence-corrected chi connectivity index (χ2v) is 6.33. The van der Waals surface area contributed by atoms with Crippen molar-refractivity contribution in [3.8, 4) is 5.75 Å². The Hall–Kier alpha value is -1.73. The summed E-state index contributed by atoms with van der Waals surface area (Å²) in [5, 5.41) is 5.92. The first-order valence-corrected chi connectivity index (χ1v) is 8.68. The smallest absolute Gasteiger partial charge is 0.338 e. The summed E-state index contributed by atoms with van der Waals surface area (Å²) >= 11 is 9.26. The minimum Gasteiger partial charge on any atom is -0.486 e. The number of carbonyl (C=O) groups is 2. The van der Waals surface area contributed by atoms with Crippen LogP contribution < -0.4 is 15.4 Å². The highest BCUT2D eigenvalue weighted by atomic mass is 79.9. The summed E-state index contributed by atoms with van der Waals surface area (Å²) in [6, 6.07) is 4.32. The fraction of sp³-hybridized carbons (Fsp3) is 0.375. The molecule has 0 saturated heterocycles. The van der Waals surface area contributed by atoms with Crippen LogP contribution in [-0.4, -0.2) is 31.3 Å². The molecular formula is C16H18BrClN2O4. The van der Waals surface area contributed by atoms with E-state index in [2.05, 4.69) is 26.6 Å². The van der Waals surface area contributed by atoms with E-state index in [0.29, 0.717) is 32.9 Å². The highest BCUT2D eigenvalue weighted by Crippen LogP contribution is 2.28. The zero-order chi connectivity index (χ0) is 17.7. The number of hydrogen-bond acceptors (Lipinski definition) is 4. The van der Waals surface area contributed by atoms with E-state index in [1.165, 1.54) is 0 Å². The van der Waals surface area contributed by atoms with Crippen molar-refractivity contribution >= 4 is 39.5 Å². The predicted molar refractivity (Wildman–Crippen MR) is 94.1 cm³/mol. The van der Waals surface area contributed by atoms with Gasteiger partial charge in [-0.25, -0.2) is 9.59 Å². The van der Waals surface area contributed by atoms with E-state index in [1.807, 2.05) is 6.92 Å². The third kappa shape index (κ3) is 4.42. The Labute approximate surface area is 153 Å². The average Bonchev–Trinajstić information content (AvgIpc) is 2.53. The standard InChI is InChI=1S/C16H18BrClN2O4/c1-3-11-14(15(21)23-4-2)12(20-16(22)19-11)8-24-13-6-5-9(18)7-10(13)17/h5-7,11H,3-4,8H2,1-2H3,(H2,19,20,22)/t11-/m1/s1. The summed E-state index contributed by atoms with van der Waals surface area (Å²) in [5.41, 5.74) is 0.773. The van der Waals surface area contributed by atoms with E-state index in [9.17, 15) is 9.59 Å². The molecular weight excluding hydrogens is 400 g/mol. The van der Waals surface area contributed by atoms with Gasteiger partial charge in [0, 0.05) is 5.02 Å². The van der Waals surface area contributed by atoms with Gasteiger partial charge in [0.25, 0.3) is 0 Å². The number of hydrogen-bond donors (Lipinski definition) is 2. The first-order chi connectivity index (χ1) is 11.5. The van der Waals surface area contributed by atoms with Crippen LogP contribution in [0.1, 0.15) is 20.3 Å². The van der Waals surface area contributed by atoms with Crippen molar-refractivity contribution in [3.05, 3.63) is 39.0 Å². The van der Waals surface area contributed by atoms with Crippen LogP contribution in [0, 0.1) is 0 Å². The molecule has 24 heavy (non-hydrogen) atoms. The molecule has 0 spiro atoms. The van der Waals surface area contributed by atoms with Crippen LogP contribution in [0.4, 0.5) is 4.79 Å². The minimum absolute atomic E-state index is 0.0261.